The highest BCUT2D eigenvalue weighted by molar-refractivity contribution is 6.10. The van der Waals surface area contributed by atoms with Gasteiger partial charge in [0.05, 0.1) is 22.1 Å². The Hall–Kier alpha value is -2.72. The average Bonchev–Trinajstić information content (AvgIpc) is 2.78. The van der Waals surface area contributed by atoms with E-state index in [9.17, 15) is 0 Å². The number of ether oxygens (including phenoxy) is 1. The Bertz CT molecular complexity index is 1200. The lowest BCUT2D eigenvalue weighted by molar-refractivity contribution is 0.0421. The second-order valence-corrected chi connectivity index (χ2v) is 8.07. The number of hydrogen-bond donors (Lipinski definition) is 0. The van der Waals surface area contributed by atoms with Crippen LogP contribution in [0.3, 0.4) is 0 Å². The van der Waals surface area contributed by atoms with E-state index in [0.29, 0.717) is 12.8 Å². The minimum atomic E-state index is 0.622. The zero-order valence-electron chi connectivity index (χ0n) is 15.9. The molecule has 1 aliphatic carbocycles. The highest BCUT2D eigenvalue weighted by atomic mass is 16.5. The van der Waals surface area contributed by atoms with Crippen LogP contribution in [-0.2, 0) is 6.54 Å². The van der Waals surface area contributed by atoms with Crippen LogP contribution in [0.1, 0.15) is 37.7 Å². The first-order valence-corrected chi connectivity index (χ1v) is 10.4. The molecule has 0 N–H and O–H groups in total. The third-order valence-corrected chi connectivity index (χ3v) is 6.38. The van der Waals surface area contributed by atoms with Crippen LogP contribution in [0, 0.1) is 0 Å². The van der Waals surface area contributed by atoms with E-state index in [0.717, 1.165) is 45.1 Å². The SMILES string of the molecule is c1ccc2nc3c(nc2c1)c1c(c2ccccc23)OCN(C2CCCCC2)C1. The number of aromatic nitrogens is 2. The molecule has 0 amide bonds. The van der Waals surface area contributed by atoms with E-state index >= 15 is 0 Å². The minimum absolute atomic E-state index is 0.622. The van der Waals surface area contributed by atoms with Crippen molar-refractivity contribution in [2.75, 3.05) is 6.73 Å². The fourth-order valence-electron chi connectivity index (χ4n) is 4.94. The van der Waals surface area contributed by atoms with Gasteiger partial charge in [-0.15, -0.1) is 0 Å². The highest BCUT2D eigenvalue weighted by Gasteiger charge is 2.29. The van der Waals surface area contributed by atoms with Gasteiger partial charge in [0.2, 0.25) is 0 Å². The second-order valence-electron chi connectivity index (χ2n) is 8.07. The predicted molar refractivity (Wildman–Crippen MR) is 112 cm³/mol. The molecule has 1 aliphatic heterocycles. The smallest absolute Gasteiger partial charge is 0.142 e. The predicted octanol–water partition coefficient (Wildman–Crippen LogP) is 5.42. The van der Waals surface area contributed by atoms with E-state index in [2.05, 4.69) is 29.2 Å². The lowest BCUT2D eigenvalue weighted by Crippen LogP contribution is -2.41. The van der Waals surface area contributed by atoms with Gasteiger partial charge in [0.1, 0.15) is 12.5 Å². The van der Waals surface area contributed by atoms with Crippen molar-refractivity contribution in [2.45, 2.75) is 44.7 Å². The molecule has 0 atom stereocenters. The summed E-state index contributed by atoms with van der Waals surface area (Å²) in [5, 5.41) is 2.28. The summed E-state index contributed by atoms with van der Waals surface area (Å²) in [4.78, 5) is 12.6. The number of hydrogen-bond acceptors (Lipinski definition) is 4. The molecule has 4 aromatic rings. The van der Waals surface area contributed by atoms with Gasteiger partial charge in [0, 0.05) is 28.9 Å². The van der Waals surface area contributed by atoms with Crippen LogP contribution >= 0.6 is 0 Å². The molecule has 0 saturated heterocycles. The first-order valence-electron chi connectivity index (χ1n) is 10.4. The molecular weight excluding hydrogens is 346 g/mol. The van der Waals surface area contributed by atoms with Crippen molar-refractivity contribution in [1.82, 2.24) is 14.9 Å². The maximum Gasteiger partial charge on any atom is 0.142 e. The van der Waals surface area contributed by atoms with Gasteiger partial charge >= 0.3 is 0 Å². The Morgan fingerprint density at radius 1 is 0.786 bits per heavy atom. The van der Waals surface area contributed by atoms with Crippen LogP contribution in [0.5, 0.6) is 5.75 Å². The molecule has 1 saturated carbocycles. The first kappa shape index (κ1) is 16.3. The van der Waals surface area contributed by atoms with E-state index in [4.69, 9.17) is 14.7 Å². The molecule has 0 spiro atoms. The molecule has 0 radical (unpaired) electrons. The standard InChI is InChI=1S/C24H23N3O/c1-2-8-16(9-3-1)27-14-19-23-22(25-20-12-6-7-13-21(20)26-23)17-10-4-5-11-18(17)24(19)28-15-27/h4-7,10-13,16H,1-3,8-9,14-15H2. The maximum atomic E-state index is 6.38. The molecular formula is C24H23N3O. The van der Waals surface area contributed by atoms with Crippen LogP contribution in [0.4, 0.5) is 0 Å². The fourth-order valence-corrected chi connectivity index (χ4v) is 4.94. The van der Waals surface area contributed by atoms with Crippen molar-refractivity contribution >= 4 is 32.8 Å². The lowest BCUT2D eigenvalue weighted by Gasteiger charge is -2.37. The van der Waals surface area contributed by atoms with Gasteiger partial charge in [0.15, 0.2) is 0 Å². The quantitative estimate of drug-likeness (QED) is 0.332. The fraction of sp³-hybridized carbons (Fsp3) is 0.333. The van der Waals surface area contributed by atoms with Gasteiger partial charge in [-0.3, -0.25) is 4.90 Å². The number of fused-ring (bicyclic) bond motifs is 7. The third-order valence-electron chi connectivity index (χ3n) is 6.38. The minimum Gasteiger partial charge on any atom is -0.477 e. The summed E-state index contributed by atoms with van der Waals surface area (Å²) in [5.41, 5.74) is 5.07. The molecule has 1 aromatic heterocycles. The Morgan fingerprint density at radius 3 is 2.25 bits per heavy atom. The van der Waals surface area contributed by atoms with E-state index < -0.39 is 0 Å². The summed E-state index contributed by atoms with van der Waals surface area (Å²) in [7, 11) is 0. The van der Waals surface area contributed by atoms with Crippen LogP contribution < -0.4 is 4.74 Å². The Labute approximate surface area is 164 Å². The Kier molecular flexibility index (Phi) is 3.73. The molecule has 0 unspecified atom stereocenters. The summed E-state index contributed by atoms with van der Waals surface area (Å²) < 4.78 is 6.38. The zero-order chi connectivity index (χ0) is 18.5. The van der Waals surface area contributed by atoms with Crippen LogP contribution in [0.25, 0.3) is 32.8 Å². The van der Waals surface area contributed by atoms with E-state index in [-0.39, 0.29) is 0 Å². The number of rotatable bonds is 1. The van der Waals surface area contributed by atoms with Crippen LogP contribution in [0.2, 0.25) is 0 Å². The Morgan fingerprint density at radius 2 is 1.46 bits per heavy atom. The van der Waals surface area contributed by atoms with Gasteiger partial charge in [0.25, 0.3) is 0 Å². The summed E-state index contributed by atoms with van der Waals surface area (Å²) in [6.45, 7) is 1.57. The normalized spacial score (nSPS) is 18.4. The van der Waals surface area contributed by atoms with Gasteiger partial charge in [-0.25, -0.2) is 9.97 Å². The third kappa shape index (κ3) is 2.48. The van der Waals surface area contributed by atoms with Crippen LogP contribution in [0.15, 0.2) is 48.5 Å². The van der Waals surface area contributed by atoms with Gasteiger partial charge in [-0.2, -0.15) is 0 Å². The second kappa shape index (κ2) is 6.42. The topological polar surface area (TPSA) is 38.3 Å². The number of nitrogens with zero attached hydrogens (tertiary/aromatic N) is 3. The molecule has 3 aromatic carbocycles. The van der Waals surface area contributed by atoms with Gasteiger partial charge < -0.3 is 4.74 Å². The summed E-state index contributed by atoms with van der Waals surface area (Å²) >= 11 is 0. The van der Waals surface area contributed by atoms with Crippen molar-refractivity contribution in [3.05, 3.63) is 54.1 Å². The monoisotopic (exact) mass is 369 g/mol. The zero-order valence-corrected chi connectivity index (χ0v) is 15.9. The lowest BCUT2D eigenvalue weighted by atomic mass is 9.93. The van der Waals surface area contributed by atoms with Crippen LogP contribution in [-0.4, -0.2) is 27.6 Å². The van der Waals surface area contributed by atoms with E-state index in [1.165, 1.54) is 37.7 Å². The molecule has 28 heavy (non-hydrogen) atoms. The average molecular weight is 369 g/mol. The summed E-state index contributed by atoms with van der Waals surface area (Å²) in [6, 6.07) is 17.2. The van der Waals surface area contributed by atoms with Gasteiger partial charge in [-0.1, -0.05) is 55.7 Å². The van der Waals surface area contributed by atoms with Crippen molar-refractivity contribution < 1.29 is 4.74 Å². The summed E-state index contributed by atoms with van der Waals surface area (Å²) in [5.74, 6) is 1.000. The maximum absolute atomic E-state index is 6.38. The van der Waals surface area contributed by atoms with Crippen molar-refractivity contribution in [1.29, 1.82) is 0 Å². The van der Waals surface area contributed by atoms with E-state index in [1.807, 2.05) is 24.3 Å². The number of benzene rings is 3. The molecule has 2 aliphatic rings. The van der Waals surface area contributed by atoms with Crippen molar-refractivity contribution in [2.24, 2.45) is 0 Å². The van der Waals surface area contributed by atoms with Gasteiger partial charge in [-0.05, 0) is 25.0 Å². The molecule has 1 fully saturated rings. The molecule has 2 heterocycles. The molecule has 6 rings (SSSR count). The molecule has 4 heteroatoms. The summed E-state index contributed by atoms with van der Waals surface area (Å²) in [6.07, 6.45) is 6.58. The van der Waals surface area contributed by atoms with E-state index in [1.54, 1.807) is 0 Å². The first-order chi connectivity index (χ1) is 13.9. The molecule has 4 nitrogen and oxygen atoms in total. The Balaban J connectivity index is 1.60. The molecule has 0 bridgehead atoms. The molecule has 140 valence electrons. The number of para-hydroxylation sites is 2. The van der Waals surface area contributed by atoms with Crippen molar-refractivity contribution in [3.63, 3.8) is 0 Å². The highest BCUT2D eigenvalue weighted by Crippen LogP contribution is 2.41. The van der Waals surface area contributed by atoms with Crippen molar-refractivity contribution in [3.8, 4) is 5.75 Å². The largest absolute Gasteiger partial charge is 0.477 e.